The summed E-state index contributed by atoms with van der Waals surface area (Å²) in [5, 5.41) is -0.0648. The monoisotopic (exact) mass is 286 g/mol. The molecule has 19 heavy (non-hydrogen) atoms. The molecule has 1 aromatic rings. The average Bonchev–Trinajstić information content (AvgIpc) is 2.97. The third-order valence-electron chi connectivity index (χ3n) is 3.80. The van der Waals surface area contributed by atoms with Crippen molar-refractivity contribution in [3.63, 3.8) is 0 Å². The highest BCUT2D eigenvalue weighted by Crippen LogP contribution is 2.37. The molecule has 1 amide bonds. The quantitative estimate of drug-likeness (QED) is 0.831. The van der Waals surface area contributed by atoms with E-state index in [1.807, 2.05) is 0 Å². The predicted molar refractivity (Wildman–Crippen MR) is 68.6 cm³/mol. The second kappa shape index (κ2) is 4.61. The van der Waals surface area contributed by atoms with Crippen LogP contribution in [0, 0.1) is 0 Å². The fourth-order valence-corrected chi connectivity index (χ4v) is 4.06. The Labute approximate surface area is 112 Å². The highest BCUT2D eigenvalue weighted by Gasteiger charge is 2.48. The van der Waals surface area contributed by atoms with E-state index < -0.39 is 21.5 Å². The van der Waals surface area contributed by atoms with E-state index >= 15 is 0 Å². The number of primary amides is 1. The van der Waals surface area contributed by atoms with Crippen LogP contribution in [0.15, 0.2) is 17.6 Å². The molecule has 8 heteroatoms. The Kier molecular flexibility index (Phi) is 3.40. The lowest BCUT2D eigenvalue weighted by molar-refractivity contribution is -0.126. The Morgan fingerprint density at radius 3 is 2.47 bits per heavy atom. The maximum Gasteiger partial charge on any atom is 0.262 e. The van der Waals surface area contributed by atoms with Gasteiger partial charge in [-0.15, -0.1) is 0 Å². The minimum absolute atomic E-state index is 0.0648. The van der Waals surface area contributed by atoms with E-state index in [0.717, 1.165) is 17.1 Å². The fourth-order valence-electron chi connectivity index (χ4n) is 2.57. The summed E-state index contributed by atoms with van der Waals surface area (Å²) in [5.74, 6) is -0.591. The second-order valence-electron chi connectivity index (χ2n) is 4.95. The van der Waals surface area contributed by atoms with Crippen LogP contribution in [0.4, 0.5) is 0 Å². The smallest absolute Gasteiger partial charge is 0.262 e. The molecule has 1 saturated carbocycles. The summed E-state index contributed by atoms with van der Waals surface area (Å²) < 4.78 is 27.6. The number of hydrogen-bond acceptors (Lipinski definition) is 4. The summed E-state index contributed by atoms with van der Waals surface area (Å²) in [5.41, 5.74) is 4.33. The zero-order valence-electron chi connectivity index (χ0n) is 11.0. The van der Waals surface area contributed by atoms with Crippen LogP contribution in [0.1, 0.15) is 25.7 Å². The van der Waals surface area contributed by atoms with Crippen LogP contribution in [0.25, 0.3) is 0 Å². The van der Waals surface area contributed by atoms with Crippen LogP contribution in [0.3, 0.4) is 0 Å². The van der Waals surface area contributed by atoms with Crippen LogP contribution in [0.5, 0.6) is 0 Å². The molecular weight excluding hydrogens is 268 g/mol. The van der Waals surface area contributed by atoms with E-state index in [0.29, 0.717) is 12.8 Å². The third-order valence-corrected chi connectivity index (χ3v) is 5.61. The van der Waals surface area contributed by atoms with Gasteiger partial charge in [0.2, 0.25) is 5.91 Å². The molecule has 0 spiro atoms. The molecule has 0 saturated heterocycles. The molecule has 0 radical (unpaired) electrons. The summed E-state index contributed by atoms with van der Waals surface area (Å²) in [7, 11) is -0.716. The van der Waals surface area contributed by atoms with Gasteiger partial charge in [0.05, 0.1) is 6.33 Å². The lowest BCUT2D eigenvalue weighted by Crippen LogP contribution is -2.56. The maximum atomic E-state index is 12.5. The summed E-state index contributed by atoms with van der Waals surface area (Å²) in [6.07, 6.45) is 5.34. The highest BCUT2D eigenvalue weighted by atomic mass is 32.2. The van der Waals surface area contributed by atoms with Gasteiger partial charge in [-0.25, -0.2) is 13.4 Å². The van der Waals surface area contributed by atoms with E-state index in [4.69, 9.17) is 5.73 Å². The minimum Gasteiger partial charge on any atom is -0.368 e. The summed E-state index contributed by atoms with van der Waals surface area (Å²) in [4.78, 5) is 15.6. The largest absolute Gasteiger partial charge is 0.368 e. The number of carbonyl (C=O) groups is 1. The SMILES string of the molecule is CN(C1(C(N)=O)CCCC1)S(=O)(=O)c1cn(C)cn1. The lowest BCUT2D eigenvalue weighted by atomic mass is 9.97. The molecule has 0 bridgehead atoms. The van der Waals surface area contributed by atoms with E-state index in [9.17, 15) is 13.2 Å². The van der Waals surface area contributed by atoms with Gasteiger partial charge >= 0.3 is 0 Å². The molecule has 1 aliphatic rings. The molecule has 1 heterocycles. The van der Waals surface area contributed by atoms with Crippen molar-refractivity contribution in [3.05, 3.63) is 12.5 Å². The van der Waals surface area contributed by atoms with Gasteiger partial charge in [-0.1, -0.05) is 12.8 Å². The van der Waals surface area contributed by atoms with Crippen molar-refractivity contribution in [2.24, 2.45) is 12.8 Å². The van der Waals surface area contributed by atoms with Gasteiger partial charge in [-0.3, -0.25) is 4.79 Å². The maximum absolute atomic E-state index is 12.5. The van der Waals surface area contributed by atoms with Gasteiger partial charge in [-0.05, 0) is 12.8 Å². The number of rotatable bonds is 4. The number of nitrogens with two attached hydrogens (primary N) is 1. The van der Waals surface area contributed by atoms with Gasteiger partial charge in [-0.2, -0.15) is 4.31 Å². The van der Waals surface area contributed by atoms with E-state index in [-0.39, 0.29) is 5.03 Å². The van der Waals surface area contributed by atoms with Gasteiger partial charge in [0, 0.05) is 20.3 Å². The van der Waals surface area contributed by atoms with Gasteiger partial charge < -0.3 is 10.3 Å². The normalized spacial score (nSPS) is 18.9. The molecule has 106 valence electrons. The molecule has 2 rings (SSSR count). The molecule has 2 N–H and O–H groups in total. The molecule has 7 nitrogen and oxygen atoms in total. The first kappa shape index (κ1) is 14.0. The molecule has 0 aromatic carbocycles. The van der Waals surface area contributed by atoms with E-state index in [1.54, 1.807) is 11.6 Å². The lowest BCUT2D eigenvalue weighted by Gasteiger charge is -2.34. The molecule has 0 aliphatic heterocycles. The minimum atomic E-state index is -3.80. The number of imidazole rings is 1. The highest BCUT2D eigenvalue weighted by molar-refractivity contribution is 7.89. The third kappa shape index (κ3) is 2.14. The summed E-state index contributed by atoms with van der Waals surface area (Å²) in [6.45, 7) is 0. The summed E-state index contributed by atoms with van der Waals surface area (Å²) >= 11 is 0. The molecule has 1 aliphatic carbocycles. The number of aryl methyl sites for hydroxylation is 1. The van der Waals surface area contributed by atoms with Gasteiger partial charge in [0.15, 0.2) is 5.03 Å². The fraction of sp³-hybridized carbons (Fsp3) is 0.636. The van der Waals surface area contributed by atoms with Gasteiger partial charge in [0.1, 0.15) is 5.54 Å². The van der Waals surface area contributed by atoms with Crippen molar-refractivity contribution in [3.8, 4) is 0 Å². The Morgan fingerprint density at radius 2 is 2.05 bits per heavy atom. The van der Waals surface area contributed by atoms with E-state index in [2.05, 4.69) is 4.98 Å². The van der Waals surface area contributed by atoms with Gasteiger partial charge in [0.25, 0.3) is 10.0 Å². The first-order valence-corrected chi connectivity index (χ1v) is 7.51. The number of amides is 1. The van der Waals surface area contributed by atoms with Crippen LogP contribution in [-0.4, -0.2) is 40.8 Å². The Morgan fingerprint density at radius 1 is 1.47 bits per heavy atom. The molecule has 0 atom stereocenters. The first-order chi connectivity index (χ1) is 8.80. The number of hydrogen-bond donors (Lipinski definition) is 1. The number of aromatic nitrogens is 2. The van der Waals surface area contributed by atoms with Crippen LogP contribution in [-0.2, 0) is 21.9 Å². The molecular formula is C11H18N4O3S. The first-order valence-electron chi connectivity index (χ1n) is 6.07. The average molecular weight is 286 g/mol. The Balaban J connectivity index is 2.42. The Hall–Kier alpha value is -1.41. The standard InChI is InChI=1S/C11H18N4O3S/c1-14-7-9(13-8-14)19(17,18)15(2)11(10(12)16)5-3-4-6-11/h7-8H,3-6H2,1-2H3,(H2,12,16). The van der Waals surface area contributed by atoms with E-state index in [1.165, 1.54) is 19.6 Å². The Bertz CT molecular complexity index is 587. The van der Waals surface area contributed by atoms with Crippen molar-refractivity contribution in [2.45, 2.75) is 36.2 Å². The second-order valence-corrected chi connectivity index (χ2v) is 6.87. The topological polar surface area (TPSA) is 98.3 Å². The zero-order chi connectivity index (χ0) is 14.3. The van der Waals surface area contributed by atoms with Crippen LogP contribution < -0.4 is 5.73 Å². The molecule has 1 fully saturated rings. The number of carbonyl (C=O) groups excluding carboxylic acids is 1. The van der Waals surface area contributed by atoms with Crippen molar-refractivity contribution in [1.82, 2.24) is 13.9 Å². The van der Waals surface area contributed by atoms with Crippen molar-refractivity contribution in [1.29, 1.82) is 0 Å². The van der Waals surface area contributed by atoms with Crippen LogP contribution in [0.2, 0.25) is 0 Å². The summed E-state index contributed by atoms with van der Waals surface area (Å²) in [6, 6.07) is 0. The number of sulfonamides is 1. The predicted octanol–water partition coefficient (Wildman–Crippen LogP) is -0.161. The van der Waals surface area contributed by atoms with Crippen molar-refractivity contribution < 1.29 is 13.2 Å². The number of likely N-dealkylation sites (N-methyl/N-ethyl adjacent to an activating group) is 1. The van der Waals surface area contributed by atoms with Crippen molar-refractivity contribution >= 4 is 15.9 Å². The van der Waals surface area contributed by atoms with Crippen molar-refractivity contribution in [2.75, 3.05) is 7.05 Å². The molecule has 0 unspecified atom stereocenters. The zero-order valence-corrected chi connectivity index (χ0v) is 11.9. The number of nitrogens with zero attached hydrogens (tertiary/aromatic N) is 3. The molecule has 1 aromatic heterocycles. The van der Waals surface area contributed by atoms with Crippen LogP contribution >= 0.6 is 0 Å².